The molecule has 0 amide bonds. The van der Waals surface area contributed by atoms with Gasteiger partial charge in [-0.2, -0.15) is 0 Å². The second-order valence-electron chi connectivity index (χ2n) is 4.58. The summed E-state index contributed by atoms with van der Waals surface area (Å²) < 4.78 is 16.3. The van der Waals surface area contributed by atoms with E-state index in [2.05, 4.69) is 0 Å². The van der Waals surface area contributed by atoms with Crippen molar-refractivity contribution in [1.82, 2.24) is 0 Å². The summed E-state index contributed by atoms with van der Waals surface area (Å²) in [6.45, 7) is 3.67. The van der Waals surface area contributed by atoms with Gasteiger partial charge < -0.3 is 14.2 Å². The molecule has 4 heteroatoms. The van der Waals surface area contributed by atoms with E-state index >= 15 is 0 Å². The van der Waals surface area contributed by atoms with E-state index in [0.717, 1.165) is 25.7 Å². The molecule has 1 spiro atoms. The highest BCUT2D eigenvalue weighted by Crippen LogP contribution is 2.39. The zero-order valence-corrected chi connectivity index (χ0v) is 9.87. The standard InChI is InChI=1S/C12H20O4/c1-2-14-11(13)8-10-4-3-5-12(9-10)15-6-7-16-12/h10H,2-9H2,1H3. The van der Waals surface area contributed by atoms with Crippen LogP contribution in [0, 0.1) is 5.92 Å². The van der Waals surface area contributed by atoms with E-state index in [1.165, 1.54) is 0 Å². The zero-order chi connectivity index (χ0) is 11.4. The SMILES string of the molecule is CCOC(=O)CC1CCCC2(C1)OCCO2. The van der Waals surface area contributed by atoms with Crippen LogP contribution in [0.2, 0.25) is 0 Å². The molecule has 2 rings (SSSR count). The molecule has 0 aromatic heterocycles. The molecular weight excluding hydrogens is 208 g/mol. The lowest BCUT2D eigenvalue weighted by Crippen LogP contribution is -2.37. The quantitative estimate of drug-likeness (QED) is 0.692. The Morgan fingerprint density at radius 1 is 1.44 bits per heavy atom. The molecule has 1 saturated heterocycles. The Kier molecular flexibility index (Phi) is 3.82. The van der Waals surface area contributed by atoms with Crippen LogP contribution in [-0.4, -0.2) is 31.6 Å². The lowest BCUT2D eigenvalue weighted by Gasteiger charge is -2.35. The van der Waals surface area contributed by atoms with Gasteiger partial charge >= 0.3 is 5.97 Å². The summed E-state index contributed by atoms with van der Waals surface area (Å²) >= 11 is 0. The number of hydrogen-bond donors (Lipinski definition) is 0. The summed E-state index contributed by atoms with van der Waals surface area (Å²) in [7, 11) is 0. The van der Waals surface area contributed by atoms with Crippen molar-refractivity contribution in [3.8, 4) is 0 Å². The summed E-state index contributed by atoms with van der Waals surface area (Å²) in [5.74, 6) is -0.122. The van der Waals surface area contributed by atoms with E-state index < -0.39 is 0 Å². The molecule has 4 nitrogen and oxygen atoms in total. The summed E-state index contributed by atoms with van der Waals surface area (Å²) in [4.78, 5) is 11.4. The Morgan fingerprint density at radius 3 is 2.88 bits per heavy atom. The van der Waals surface area contributed by atoms with Crippen LogP contribution >= 0.6 is 0 Å². The van der Waals surface area contributed by atoms with Gasteiger partial charge in [0, 0.05) is 19.3 Å². The first-order chi connectivity index (χ1) is 7.74. The lowest BCUT2D eigenvalue weighted by atomic mass is 9.83. The normalized spacial score (nSPS) is 28.2. The van der Waals surface area contributed by atoms with Crippen molar-refractivity contribution in [2.45, 2.75) is 44.8 Å². The monoisotopic (exact) mass is 228 g/mol. The minimum Gasteiger partial charge on any atom is -0.466 e. The molecular formula is C12H20O4. The largest absolute Gasteiger partial charge is 0.466 e. The Hall–Kier alpha value is -0.610. The Morgan fingerprint density at radius 2 is 2.19 bits per heavy atom. The summed E-state index contributed by atoms with van der Waals surface area (Å²) in [6, 6.07) is 0. The Bertz CT molecular complexity index is 245. The minimum absolute atomic E-state index is 0.0949. The van der Waals surface area contributed by atoms with Gasteiger partial charge in [0.15, 0.2) is 5.79 Å². The summed E-state index contributed by atoms with van der Waals surface area (Å²) in [5.41, 5.74) is 0. The highest BCUT2D eigenvalue weighted by atomic mass is 16.7. The van der Waals surface area contributed by atoms with Gasteiger partial charge in [-0.25, -0.2) is 0 Å². The van der Waals surface area contributed by atoms with Crippen LogP contribution in [-0.2, 0) is 19.0 Å². The van der Waals surface area contributed by atoms with E-state index in [0.29, 0.717) is 32.2 Å². The third-order valence-electron chi connectivity index (χ3n) is 3.34. The van der Waals surface area contributed by atoms with Gasteiger partial charge in [0.25, 0.3) is 0 Å². The van der Waals surface area contributed by atoms with Crippen LogP contribution in [0.1, 0.15) is 39.0 Å². The predicted octanol–water partition coefficient (Wildman–Crippen LogP) is 1.87. The van der Waals surface area contributed by atoms with Crippen molar-refractivity contribution >= 4 is 5.97 Å². The molecule has 0 radical (unpaired) electrons. The van der Waals surface area contributed by atoms with Crippen molar-refractivity contribution in [2.24, 2.45) is 5.92 Å². The number of ether oxygens (including phenoxy) is 3. The van der Waals surface area contributed by atoms with E-state index in [9.17, 15) is 4.79 Å². The van der Waals surface area contributed by atoms with Crippen LogP contribution in [0.4, 0.5) is 0 Å². The first-order valence-electron chi connectivity index (χ1n) is 6.18. The topological polar surface area (TPSA) is 44.8 Å². The molecule has 2 aliphatic rings. The maximum absolute atomic E-state index is 11.4. The first kappa shape index (κ1) is 11.9. The number of hydrogen-bond acceptors (Lipinski definition) is 4. The van der Waals surface area contributed by atoms with Gasteiger partial charge in [-0.1, -0.05) is 0 Å². The highest BCUT2D eigenvalue weighted by molar-refractivity contribution is 5.69. The van der Waals surface area contributed by atoms with Crippen molar-refractivity contribution in [3.63, 3.8) is 0 Å². The molecule has 1 atom stereocenters. The fourth-order valence-electron chi connectivity index (χ4n) is 2.69. The van der Waals surface area contributed by atoms with Crippen LogP contribution in [0.3, 0.4) is 0 Å². The Balaban J connectivity index is 1.84. The maximum atomic E-state index is 11.4. The fourth-order valence-corrected chi connectivity index (χ4v) is 2.69. The molecule has 0 aromatic rings. The van der Waals surface area contributed by atoms with Gasteiger partial charge in [0.1, 0.15) is 0 Å². The van der Waals surface area contributed by atoms with Crippen LogP contribution in [0.5, 0.6) is 0 Å². The average molecular weight is 228 g/mol. The zero-order valence-electron chi connectivity index (χ0n) is 9.87. The molecule has 1 aliphatic carbocycles. The first-order valence-corrected chi connectivity index (χ1v) is 6.18. The molecule has 2 fully saturated rings. The molecule has 1 unspecified atom stereocenters. The van der Waals surface area contributed by atoms with Crippen molar-refractivity contribution in [3.05, 3.63) is 0 Å². The Labute approximate surface area is 96.2 Å². The molecule has 0 N–H and O–H groups in total. The molecule has 0 aromatic carbocycles. The number of esters is 1. The average Bonchev–Trinajstić information content (AvgIpc) is 2.66. The minimum atomic E-state index is -0.380. The van der Waals surface area contributed by atoms with E-state index in [-0.39, 0.29) is 11.8 Å². The summed E-state index contributed by atoms with van der Waals surface area (Å²) in [6.07, 6.45) is 4.46. The van der Waals surface area contributed by atoms with E-state index in [1.54, 1.807) is 0 Å². The van der Waals surface area contributed by atoms with Crippen LogP contribution < -0.4 is 0 Å². The van der Waals surface area contributed by atoms with Crippen molar-refractivity contribution in [1.29, 1.82) is 0 Å². The summed E-state index contributed by atoms with van der Waals surface area (Å²) in [5, 5.41) is 0. The van der Waals surface area contributed by atoms with E-state index in [1.807, 2.05) is 6.92 Å². The molecule has 1 aliphatic heterocycles. The van der Waals surface area contributed by atoms with E-state index in [4.69, 9.17) is 14.2 Å². The van der Waals surface area contributed by atoms with Crippen molar-refractivity contribution in [2.75, 3.05) is 19.8 Å². The maximum Gasteiger partial charge on any atom is 0.306 e. The third-order valence-corrected chi connectivity index (χ3v) is 3.34. The highest BCUT2D eigenvalue weighted by Gasteiger charge is 2.41. The lowest BCUT2D eigenvalue weighted by molar-refractivity contribution is -0.188. The predicted molar refractivity (Wildman–Crippen MR) is 57.8 cm³/mol. The molecule has 92 valence electrons. The van der Waals surface area contributed by atoms with Gasteiger partial charge in [-0.3, -0.25) is 4.79 Å². The van der Waals surface area contributed by atoms with Crippen LogP contribution in [0.25, 0.3) is 0 Å². The third kappa shape index (κ3) is 2.74. The molecule has 1 saturated carbocycles. The number of carbonyl (C=O) groups is 1. The second kappa shape index (κ2) is 5.15. The van der Waals surface area contributed by atoms with Gasteiger partial charge in [-0.05, 0) is 25.7 Å². The van der Waals surface area contributed by atoms with Crippen molar-refractivity contribution < 1.29 is 19.0 Å². The number of rotatable bonds is 3. The molecule has 16 heavy (non-hydrogen) atoms. The number of carbonyl (C=O) groups excluding carboxylic acids is 1. The smallest absolute Gasteiger partial charge is 0.306 e. The molecule has 0 bridgehead atoms. The van der Waals surface area contributed by atoms with Gasteiger partial charge in [-0.15, -0.1) is 0 Å². The fraction of sp³-hybridized carbons (Fsp3) is 0.917. The van der Waals surface area contributed by atoms with Crippen LogP contribution in [0.15, 0.2) is 0 Å². The second-order valence-corrected chi connectivity index (χ2v) is 4.58. The van der Waals surface area contributed by atoms with Gasteiger partial charge in [0.05, 0.1) is 19.8 Å². The molecule has 1 heterocycles. The van der Waals surface area contributed by atoms with Gasteiger partial charge in [0.2, 0.25) is 0 Å².